The van der Waals surface area contributed by atoms with E-state index >= 15 is 0 Å². The summed E-state index contributed by atoms with van der Waals surface area (Å²) in [6.07, 6.45) is -0.163. The number of hydrogen-bond donors (Lipinski definition) is 0. The van der Waals surface area contributed by atoms with Crippen molar-refractivity contribution < 1.29 is 22.3 Å². The van der Waals surface area contributed by atoms with Crippen molar-refractivity contribution in [2.75, 3.05) is 0 Å². The lowest BCUT2D eigenvalue weighted by Gasteiger charge is -2.11. The Bertz CT molecular complexity index is 1350. The van der Waals surface area contributed by atoms with Crippen LogP contribution >= 0.6 is 0 Å². The Hall–Kier alpha value is -3.78. The summed E-state index contributed by atoms with van der Waals surface area (Å²) in [6.45, 7) is 1.55. The summed E-state index contributed by atoms with van der Waals surface area (Å²) < 4.78 is 46.9. The van der Waals surface area contributed by atoms with E-state index in [9.17, 15) is 17.6 Å². The summed E-state index contributed by atoms with van der Waals surface area (Å²) in [4.78, 5) is 12.6. The van der Waals surface area contributed by atoms with Crippen LogP contribution in [0.1, 0.15) is 11.3 Å². The second kappa shape index (κ2) is 8.76. The molecular formula is C24H19FN2O4S. The van der Waals surface area contributed by atoms with E-state index < -0.39 is 21.6 Å². The molecule has 162 valence electrons. The minimum Gasteiger partial charge on any atom is -0.406 e. The number of hydrogen-bond acceptors (Lipinski definition) is 5. The molecule has 0 aliphatic carbocycles. The van der Waals surface area contributed by atoms with Gasteiger partial charge in [-0.05, 0) is 48.9 Å². The Morgan fingerprint density at radius 2 is 1.53 bits per heavy atom. The van der Waals surface area contributed by atoms with Gasteiger partial charge in [0.05, 0.1) is 22.7 Å². The van der Waals surface area contributed by atoms with Crippen LogP contribution < -0.4 is 4.74 Å². The van der Waals surface area contributed by atoms with Crippen LogP contribution in [0.4, 0.5) is 4.39 Å². The first-order valence-electron chi connectivity index (χ1n) is 9.76. The number of nitrogens with zero attached hydrogens (tertiary/aromatic N) is 2. The first-order valence-corrected chi connectivity index (χ1v) is 11.2. The van der Waals surface area contributed by atoms with Gasteiger partial charge in [0, 0.05) is 0 Å². The molecule has 0 radical (unpaired) electrons. The molecule has 0 saturated carbocycles. The maximum atomic E-state index is 13.4. The molecule has 0 aliphatic rings. The molecule has 0 atom stereocenters. The number of halogens is 1. The van der Waals surface area contributed by atoms with Crippen LogP contribution in [-0.2, 0) is 21.1 Å². The molecule has 0 fully saturated rings. The molecule has 0 saturated heterocycles. The summed E-state index contributed by atoms with van der Waals surface area (Å²) in [5, 5.41) is 4.36. The standard InChI is InChI=1S/C24H19FN2O4S/c1-17-23(32(29,30)21-10-6-3-7-11-21)24(27(26-17)20-8-4-2-5-9-20)31-22(28)16-18-12-14-19(25)15-13-18/h2-15H,16H2,1H3. The zero-order valence-electron chi connectivity index (χ0n) is 17.1. The number of sulfone groups is 1. The van der Waals surface area contributed by atoms with Crippen LogP contribution in [0.3, 0.4) is 0 Å². The highest BCUT2D eigenvalue weighted by Gasteiger charge is 2.31. The van der Waals surface area contributed by atoms with E-state index in [1.54, 1.807) is 49.4 Å². The average molecular weight is 450 g/mol. The highest BCUT2D eigenvalue weighted by atomic mass is 32.2. The third-order valence-electron chi connectivity index (χ3n) is 4.76. The number of aryl methyl sites for hydroxylation is 1. The zero-order valence-corrected chi connectivity index (χ0v) is 17.9. The molecule has 0 unspecified atom stereocenters. The molecule has 4 rings (SSSR count). The van der Waals surface area contributed by atoms with Gasteiger partial charge >= 0.3 is 5.97 Å². The second-order valence-electron chi connectivity index (χ2n) is 7.06. The van der Waals surface area contributed by atoms with Crippen molar-refractivity contribution in [3.63, 3.8) is 0 Å². The fourth-order valence-corrected chi connectivity index (χ4v) is 4.80. The lowest BCUT2D eigenvalue weighted by molar-refractivity contribution is -0.134. The lowest BCUT2D eigenvalue weighted by Crippen LogP contribution is -2.16. The topological polar surface area (TPSA) is 78.3 Å². The zero-order chi connectivity index (χ0) is 22.7. The number of benzene rings is 3. The Morgan fingerprint density at radius 3 is 2.16 bits per heavy atom. The van der Waals surface area contributed by atoms with Crippen molar-refractivity contribution in [1.82, 2.24) is 9.78 Å². The molecule has 0 amide bonds. The van der Waals surface area contributed by atoms with Crippen molar-refractivity contribution in [2.45, 2.75) is 23.1 Å². The average Bonchev–Trinajstić information content (AvgIpc) is 3.12. The van der Waals surface area contributed by atoms with E-state index in [0.717, 1.165) is 0 Å². The molecular weight excluding hydrogens is 431 g/mol. The van der Waals surface area contributed by atoms with Gasteiger partial charge in [-0.15, -0.1) is 0 Å². The number of carbonyl (C=O) groups is 1. The van der Waals surface area contributed by atoms with Gasteiger partial charge in [-0.2, -0.15) is 9.78 Å². The van der Waals surface area contributed by atoms with Crippen LogP contribution in [0, 0.1) is 12.7 Å². The third-order valence-corrected chi connectivity index (χ3v) is 6.66. The molecule has 8 heteroatoms. The van der Waals surface area contributed by atoms with E-state index in [1.807, 2.05) is 6.07 Å². The first kappa shape index (κ1) is 21.5. The molecule has 4 aromatic rings. The number of para-hydroxylation sites is 1. The number of rotatable bonds is 6. The van der Waals surface area contributed by atoms with Crippen LogP contribution in [0.15, 0.2) is 94.7 Å². The Morgan fingerprint density at radius 1 is 0.938 bits per heavy atom. The largest absolute Gasteiger partial charge is 0.406 e. The van der Waals surface area contributed by atoms with Crippen LogP contribution in [0.5, 0.6) is 5.88 Å². The molecule has 0 N–H and O–H groups in total. The molecule has 32 heavy (non-hydrogen) atoms. The lowest BCUT2D eigenvalue weighted by atomic mass is 10.1. The van der Waals surface area contributed by atoms with Crippen LogP contribution in [0.25, 0.3) is 5.69 Å². The van der Waals surface area contributed by atoms with E-state index in [-0.39, 0.29) is 27.8 Å². The van der Waals surface area contributed by atoms with Crippen LogP contribution in [-0.4, -0.2) is 24.2 Å². The van der Waals surface area contributed by atoms with Gasteiger partial charge in [0.2, 0.25) is 15.7 Å². The van der Waals surface area contributed by atoms with Crippen LogP contribution in [0.2, 0.25) is 0 Å². The predicted octanol–water partition coefficient (Wildman–Crippen LogP) is 4.30. The third kappa shape index (κ3) is 4.31. The summed E-state index contributed by atoms with van der Waals surface area (Å²) >= 11 is 0. The Kier molecular flexibility index (Phi) is 5.87. The highest BCUT2D eigenvalue weighted by Crippen LogP contribution is 2.34. The first-order chi connectivity index (χ1) is 15.4. The molecule has 0 aliphatic heterocycles. The highest BCUT2D eigenvalue weighted by molar-refractivity contribution is 7.91. The van der Waals surface area contributed by atoms with Crippen molar-refractivity contribution in [1.29, 1.82) is 0 Å². The van der Waals surface area contributed by atoms with E-state index in [0.29, 0.717) is 11.3 Å². The fraction of sp³-hybridized carbons (Fsp3) is 0.0833. The number of ether oxygens (including phenoxy) is 1. The SMILES string of the molecule is Cc1nn(-c2ccccc2)c(OC(=O)Cc2ccc(F)cc2)c1S(=O)(=O)c1ccccc1. The van der Waals surface area contributed by atoms with Gasteiger partial charge in [0.1, 0.15) is 5.82 Å². The van der Waals surface area contributed by atoms with Gasteiger partial charge in [-0.1, -0.05) is 48.5 Å². The molecule has 0 bridgehead atoms. The number of aromatic nitrogens is 2. The molecule has 1 heterocycles. The van der Waals surface area contributed by atoms with Gasteiger partial charge in [-0.25, -0.2) is 12.8 Å². The smallest absolute Gasteiger partial charge is 0.317 e. The van der Waals surface area contributed by atoms with Crippen molar-refractivity contribution in [3.05, 3.63) is 102 Å². The van der Waals surface area contributed by atoms with Crippen molar-refractivity contribution in [2.24, 2.45) is 0 Å². The maximum Gasteiger partial charge on any atom is 0.317 e. The Labute approximate surface area is 184 Å². The molecule has 3 aromatic carbocycles. The summed E-state index contributed by atoms with van der Waals surface area (Å²) in [5.74, 6) is -1.31. The fourth-order valence-electron chi connectivity index (χ4n) is 3.27. The van der Waals surface area contributed by atoms with Crippen molar-refractivity contribution >= 4 is 15.8 Å². The normalized spacial score (nSPS) is 11.3. The van der Waals surface area contributed by atoms with Gasteiger partial charge in [0.25, 0.3) is 0 Å². The minimum absolute atomic E-state index is 0.0616. The summed E-state index contributed by atoms with van der Waals surface area (Å²) in [6, 6.07) is 22.1. The van der Waals surface area contributed by atoms with Gasteiger partial charge < -0.3 is 4.74 Å². The second-order valence-corrected chi connectivity index (χ2v) is 8.95. The van der Waals surface area contributed by atoms with E-state index in [1.165, 1.54) is 41.1 Å². The Balaban J connectivity index is 1.79. The molecule has 1 aromatic heterocycles. The van der Waals surface area contributed by atoms with Crippen molar-refractivity contribution in [3.8, 4) is 11.6 Å². The summed E-state index contributed by atoms with van der Waals surface area (Å²) in [7, 11) is -4.02. The monoisotopic (exact) mass is 450 g/mol. The quantitative estimate of drug-likeness (QED) is 0.409. The predicted molar refractivity (Wildman–Crippen MR) is 116 cm³/mol. The number of carbonyl (C=O) groups excluding carboxylic acids is 1. The van der Waals surface area contributed by atoms with Gasteiger partial charge in [0.15, 0.2) is 4.90 Å². The maximum absolute atomic E-state index is 13.4. The molecule has 6 nitrogen and oxygen atoms in total. The van der Waals surface area contributed by atoms with E-state index in [4.69, 9.17) is 4.74 Å². The number of esters is 1. The minimum atomic E-state index is -4.02. The van der Waals surface area contributed by atoms with E-state index in [2.05, 4.69) is 5.10 Å². The molecule has 0 spiro atoms. The summed E-state index contributed by atoms with van der Waals surface area (Å²) in [5.41, 5.74) is 1.27. The van der Waals surface area contributed by atoms with Gasteiger partial charge in [-0.3, -0.25) is 4.79 Å².